The fraction of sp³-hybridized carbons (Fsp3) is 0. The van der Waals surface area contributed by atoms with Crippen LogP contribution in [-0.2, 0) is 26.1 Å². The van der Waals surface area contributed by atoms with Crippen molar-refractivity contribution in [3.05, 3.63) is 12.2 Å². The second-order valence-corrected chi connectivity index (χ2v) is 1.01. The third-order valence-electron chi connectivity index (χ3n) is 0.368. The number of hydrogen-bond donors (Lipinski definition) is 2. The van der Waals surface area contributed by atoms with Crippen LogP contribution in [0.25, 0.3) is 0 Å². The number of carboxylic acids is 2. The van der Waals surface area contributed by atoms with Crippen molar-refractivity contribution in [1.82, 2.24) is 0 Å². The quantitative estimate of drug-likeness (QED) is 0.375. The molecule has 0 aliphatic carbocycles. The number of carboxylic acid groups (broad SMARTS) is 2. The van der Waals surface area contributed by atoms with E-state index in [9.17, 15) is 9.59 Å². The van der Waals surface area contributed by atoms with Gasteiger partial charge >= 0.3 is 11.9 Å². The van der Waals surface area contributed by atoms with Crippen LogP contribution in [0.15, 0.2) is 12.2 Å². The molecule has 0 fully saturated rings. The van der Waals surface area contributed by atoms with Gasteiger partial charge in [-0.1, -0.05) is 0 Å². The maximum absolute atomic E-state index is 9.55. The van der Waals surface area contributed by atoms with Crippen LogP contribution in [0.2, 0.25) is 0 Å². The van der Waals surface area contributed by atoms with Crippen LogP contribution in [0.4, 0.5) is 0 Å². The summed E-state index contributed by atoms with van der Waals surface area (Å²) in [7, 11) is 0. The van der Waals surface area contributed by atoms with Crippen molar-refractivity contribution in [3.8, 4) is 0 Å². The van der Waals surface area contributed by atoms with Crippen LogP contribution in [0.5, 0.6) is 0 Å². The van der Waals surface area contributed by atoms with Gasteiger partial charge in [0.25, 0.3) is 0 Å². The maximum Gasteiger partial charge on any atom is 0.328 e. The Bertz CT molecular complexity index is 127. The molecule has 0 saturated carbocycles. The molecule has 0 rings (SSSR count). The molecule has 0 heterocycles. The van der Waals surface area contributed by atoms with Crippen molar-refractivity contribution in [2.75, 3.05) is 0 Å². The molecule has 8 nitrogen and oxygen atoms in total. The Hall–Kier alpha value is -0.986. The maximum atomic E-state index is 9.55. The molecule has 0 radical (unpaired) electrons. The first-order chi connectivity index (χ1) is 3.63. The van der Waals surface area contributed by atoms with Gasteiger partial charge in [0.1, 0.15) is 0 Å². The van der Waals surface area contributed by atoms with Crippen molar-refractivity contribution in [1.29, 1.82) is 0 Å². The van der Waals surface area contributed by atoms with Crippen molar-refractivity contribution in [3.63, 3.8) is 0 Å². The second-order valence-electron chi connectivity index (χ2n) is 1.01. The van der Waals surface area contributed by atoms with Gasteiger partial charge in [0.05, 0.1) is 0 Å². The van der Waals surface area contributed by atoms with E-state index >= 15 is 0 Å². The van der Waals surface area contributed by atoms with E-state index in [4.69, 9.17) is 10.2 Å². The summed E-state index contributed by atoms with van der Waals surface area (Å²) >= 11 is 0. The number of hydrogen-bond acceptors (Lipinski definition) is 2. The van der Waals surface area contributed by atoms with E-state index in [2.05, 4.69) is 0 Å². The molecule has 86 valence electrons. The normalized spacial score (nSPS) is 5.85. The van der Waals surface area contributed by atoms with Crippen LogP contribution in [0.3, 0.4) is 0 Å². The van der Waals surface area contributed by atoms with Gasteiger partial charge in [-0.05, 0) is 0 Å². The van der Waals surface area contributed by atoms with Gasteiger partial charge < -0.3 is 32.1 Å². The van der Waals surface area contributed by atoms with Crippen molar-refractivity contribution in [2.45, 2.75) is 0 Å². The monoisotopic (exact) mass is 246 g/mol. The van der Waals surface area contributed by atoms with Crippen molar-refractivity contribution < 1.29 is 58.2 Å². The SMILES string of the molecule is O.O.O.O.O=C(O)/C=C/C(=O)O.[Ni]. The van der Waals surface area contributed by atoms with E-state index in [0.717, 1.165) is 0 Å². The Morgan fingerprint density at radius 3 is 1.00 bits per heavy atom. The third kappa shape index (κ3) is 55.5. The average Bonchev–Trinajstić information content (AvgIpc) is 1.61. The van der Waals surface area contributed by atoms with E-state index in [1.165, 1.54) is 0 Å². The number of aliphatic carboxylic acids is 2. The Labute approximate surface area is 83.0 Å². The summed E-state index contributed by atoms with van der Waals surface area (Å²) in [5, 5.41) is 15.6. The molecule has 0 aromatic carbocycles. The summed E-state index contributed by atoms with van der Waals surface area (Å²) in [6.07, 6.45) is 1.12. The molecule has 0 amide bonds. The number of carbonyl (C=O) groups is 2. The Morgan fingerprint density at radius 1 is 0.769 bits per heavy atom. The predicted octanol–water partition coefficient (Wildman–Crippen LogP) is -3.59. The zero-order chi connectivity index (χ0) is 6.57. The van der Waals surface area contributed by atoms with Crippen molar-refractivity contribution >= 4 is 11.9 Å². The molecular formula is C4H12NiO8. The fourth-order valence-electron chi connectivity index (χ4n) is 0.143. The molecule has 9 heteroatoms. The fourth-order valence-corrected chi connectivity index (χ4v) is 0.143. The Morgan fingerprint density at radius 2 is 0.923 bits per heavy atom. The molecule has 0 bridgehead atoms. The zero-order valence-corrected chi connectivity index (χ0v) is 7.17. The Balaban J connectivity index is -0.0000000245. The molecule has 0 aromatic heterocycles. The van der Waals surface area contributed by atoms with Crippen molar-refractivity contribution in [2.24, 2.45) is 0 Å². The van der Waals surface area contributed by atoms with Crippen LogP contribution in [0, 0.1) is 0 Å². The van der Waals surface area contributed by atoms with Gasteiger partial charge in [-0.2, -0.15) is 0 Å². The van der Waals surface area contributed by atoms with Crippen LogP contribution in [-0.4, -0.2) is 44.1 Å². The number of rotatable bonds is 2. The molecule has 0 aliphatic rings. The molecule has 0 aliphatic heterocycles. The topological polar surface area (TPSA) is 201 Å². The standard InChI is InChI=1S/C4H4O4.Ni.4H2O/c5-3(6)1-2-4(7)8;;;;;/h1-2H,(H,5,6)(H,7,8);;4*1H2/b2-1+;;;;;. The Kier molecular flexibility index (Phi) is 69.6. The first kappa shape index (κ1) is 40.3. The van der Waals surface area contributed by atoms with E-state index < -0.39 is 11.9 Å². The van der Waals surface area contributed by atoms with Crippen LogP contribution < -0.4 is 0 Å². The van der Waals surface area contributed by atoms with E-state index in [-0.39, 0.29) is 38.4 Å². The van der Waals surface area contributed by atoms with E-state index in [1.807, 2.05) is 0 Å². The van der Waals surface area contributed by atoms with E-state index in [1.54, 1.807) is 0 Å². The van der Waals surface area contributed by atoms with Crippen LogP contribution in [0.1, 0.15) is 0 Å². The van der Waals surface area contributed by atoms with Gasteiger partial charge in [-0.15, -0.1) is 0 Å². The minimum atomic E-state index is -1.26. The summed E-state index contributed by atoms with van der Waals surface area (Å²) in [5.41, 5.74) is 0. The molecule has 13 heavy (non-hydrogen) atoms. The third-order valence-corrected chi connectivity index (χ3v) is 0.368. The largest absolute Gasteiger partial charge is 0.478 e. The molecular weight excluding hydrogens is 235 g/mol. The minimum Gasteiger partial charge on any atom is -0.478 e. The molecule has 10 N–H and O–H groups in total. The summed E-state index contributed by atoms with van der Waals surface area (Å²) in [6.45, 7) is 0. The summed E-state index contributed by atoms with van der Waals surface area (Å²) < 4.78 is 0. The zero-order valence-electron chi connectivity index (χ0n) is 6.18. The van der Waals surface area contributed by atoms with Gasteiger partial charge in [0.2, 0.25) is 0 Å². The van der Waals surface area contributed by atoms with Gasteiger partial charge in [-0.3, -0.25) is 0 Å². The molecule has 0 unspecified atom stereocenters. The smallest absolute Gasteiger partial charge is 0.328 e. The predicted molar refractivity (Wildman–Crippen MR) is 38.9 cm³/mol. The summed E-state index contributed by atoms with van der Waals surface area (Å²) in [6, 6.07) is 0. The molecule has 0 atom stereocenters. The van der Waals surface area contributed by atoms with E-state index in [0.29, 0.717) is 12.2 Å². The summed E-state index contributed by atoms with van der Waals surface area (Å²) in [5.74, 6) is -2.51. The van der Waals surface area contributed by atoms with Gasteiger partial charge in [0, 0.05) is 28.6 Å². The second kappa shape index (κ2) is 22.5. The van der Waals surface area contributed by atoms with Gasteiger partial charge in [-0.25, -0.2) is 9.59 Å². The first-order valence-corrected chi connectivity index (χ1v) is 1.77. The first-order valence-electron chi connectivity index (χ1n) is 1.77. The molecule has 0 saturated heterocycles. The van der Waals surface area contributed by atoms with Crippen LogP contribution >= 0.6 is 0 Å². The average molecular weight is 247 g/mol. The van der Waals surface area contributed by atoms with Gasteiger partial charge in [0.15, 0.2) is 0 Å². The molecule has 0 spiro atoms. The minimum absolute atomic E-state index is 0. The summed E-state index contributed by atoms with van der Waals surface area (Å²) in [4.78, 5) is 19.1. The molecule has 0 aromatic rings.